The summed E-state index contributed by atoms with van der Waals surface area (Å²) in [4.78, 5) is 0. The molecule has 0 bridgehead atoms. The molecule has 1 aliphatic rings. The maximum absolute atomic E-state index is 3.54. The molecule has 1 aliphatic carbocycles. The minimum Gasteiger partial charge on any atom is -0.0619 e. The molecule has 1 radical (unpaired) electrons. The predicted molar refractivity (Wildman–Crippen MR) is 67.7 cm³/mol. The first-order chi connectivity index (χ1) is 7.68. The normalized spacial score (nSPS) is 12.4. The summed E-state index contributed by atoms with van der Waals surface area (Å²) in [6.45, 7) is 6.59. The van der Waals surface area contributed by atoms with Crippen LogP contribution in [0.2, 0.25) is 0 Å². The van der Waals surface area contributed by atoms with Gasteiger partial charge in [-0.3, -0.25) is 0 Å². The molecule has 0 N–H and O–H groups in total. The van der Waals surface area contributed by atoms with E-state index in [1.807, 2.05) is 0 Å². The third kappa shape index (κ3) is 1.16. The van der Waals surface area contributed by atoms with Crippen LogP contribution in [-0.2, 0) is 6.42 Å². The maximum Gasteiger partial charge on any atom is -0.000707 e. The van der Waals surface area contributed by atoms with Crippen molar-refractivity contribution in [2.45, 2.75) is 27.2 Å². The lowest BCUT2D eigenvalue weighted by Crippen LogP contribution is -1.93. The van der Waals surface area contributed by atoms with E-state index in [9.17, 15) is 0 Å². The zero-order chi connectivity index (χ0) is 11.3. The summed E-state index contributed by atoms with van der Waals surface area (Å²) < 4.78 is 0. The lowest BCUT2D eigenvalue weighted by molar-refractivity contribution is 1.20. The Morgan fingerprint density at radius 3 is 2.56 bits per heavy atom. The van der Waals surface area contributed by atoms with Gasteiger partial charge in [0.2, 0.25) is 0 Å². The van der Waals surface area contributed by atoms with E-state index >= 15 is 0 Å². The van der Waals surface area contributed by atoms with Gasteiger partial charge in [0.1, 0.15) is 0 Å². The molecule has 0 heteroatoms. The molecule has 0 spiro atoms. The molecule has 79 valence electrons. The number of rotatable bonds is 0. The Labute approximate surface area is 96.9 Å². The first kappa shape index (κ1) is 9.65. The van der Waals surface area contributed by atoms with Gasteiger partial charge in [-0.05, 0) is 72.2 Å². The summed E-state index contributed by atoms with van der Waals surface area (Å²) in [5.41, 5.74) is 9.77. The van der Waals surface area contributed by atoms with E-state index in [0.29, 0.717) is 0 Å². The number of hydrogen-bond donors (Lipinski definition) is 0. The molecule has 0 aliphatic heterocycles. The van der Waals surface area contributed by atoms with Gasteiger partial charge in [-0.1, -0.05) is 24.3 Å². The highest BCUT2D eigenvalue weighted by molar-refractivity contribution is 5.80. The minimum atomic E-state index is 1.05. The highest BCUT2D eigenvalue weighted by atomic mass is 14.2. The van der Waals surface area contributed by atoms with Crippen molar-refractivity contribution < 1.29 is 0 Å². The molecule has 0 saturated carbocycles. The standard InChI is InChI=1S/C16H15/c1-10-8-14-9-13-6-4-5-7-15(13)16(14)12(3)11(10)2/h4-7H,9H2,1-3H3. The van der Waals surface area contributed by atoms with Crippen LogP contribution in [0.3, 0.4) is 0 Å². The minimum absolute atomic E-state index is 1.05. The molecule has 16 heavy (non-hydrogen) atoms. The lowest BCUT2D eigenvalue weighted by Gasteiger charge is -2.11. The summed E-state index contributed by atoms with van der Waals surface area (Å²) in [6.07, 6.45) is 1.05. The van der Waals surface area contributed by atoms with E-state index in [2.05, 4.69) is 51.1 Å². The van der Waals surface area contributed by atoms with Crippen LogP contribution in [0.5, 0.6) is 0 Å². The topological polar surface area (TPSA) is 0 Å². The molecule has 3 rings (SSSR count). The fourth-order valence-electron chi connectivity index (χ4n) is 2.68. The molecular weight excluding hydrogens is 192 g/mol. The predicted octanol–water partition coefficient (Wildman–Crippen LogP) is 3.98. The van der Waals surface area contributed by atoms with Crippen molar-refractivity contribution >= 4 is 0 Å². The van der Waals surface area contributed by atoms with Crippen molar-refractivity contribution in [3.63, 3.8) is 0 Å². The molecule has 0 fully saturated rings. The zero-order valence-corrected chi connectivity index (χ0v) is 10.0. The fourth-order valence-corrected chi connectivity index (χ4v) is 2.68. The van der Waals surface area contributed by atoms with Crippen LogP contribution in [0, 0.1) is 26.8 Å². The summed E-state index contributed by atoms with van der Waals surface area (Å²) in [5, 5.41) is 0. The van der Waals surface area contributed by atoms with Gasteiger partial charge in [0.15, 0.2) is 0 Å². The van der Waals surface area contributed by atoms with Gasteiger partial charge in [0.05, 0.1) is 0 Å². The second-order valence-electron chi connectivity index (χ2n) is 4.69. The van der Waals surface area contributed by atoms with Crippen molar-refractivity contribution in [1.82, 2.24) is 0 Å². The van der Waals surface area contributed by atoms with Gasteiger partial charge in [-0.15, -0.1) is 0 Å². The van der Waals surface area contributed by atoms with Crippen molar-refractivity contribution in [1.29, 1.82) is 0 Å². The second-order valence-corrected chi connectivity index (χ2v) is 4.69. The van der Waals surface area contributed by atoms with E-state index in [1.165, 1.54) is 38.9 Å². The molecular formula is C16H15. The number of fused-ring (bicyclic) bond motifs is 3. The first-order valence-corrected chi connectivity index (χ1v) is 5.78. The number of benzene rings is 2. The average molecular weight is 207 g/mol. The van der Waals surface area contributed by atoms with Crippen molar-refractivity contribution in [3.05, 3.63) is 58.1 Å². The van der Waals surface area contributed by atoms with Crippen molar-refractivity contribution in [2.75, 3.05) is 0 Å². The van der Waals surface area contributed by atoms with Gasteiger partial charge in [-0.25, -0.2) is 0 Å². The van der Waals surface area contributed by atoms with Crippen LogP contribution in [0.15, 0.2) is 24.3 Å². The Morgan fingerprint density at radius 1 is 1.00 bits per heavy atom. The largest absolute Gasteiger partial charge is 0.0619 e. The molecule has 0 nitrogen and oxygen atoms in total. The SMILES string of the molecule is Cc1[c]c2c(c(C)c1C)-c1ccccc1C2. The van der Waals surface area contributed by atoms with Crippen LogP contribution in [0.25, 0.3) is 11.1 Å². The maximum atomic E-state index is 3.54. The second kappa shape index (κ2) is 3.21. The molecule has 2 aromatic carbocycles. The molecule has 0 heterocycles. The van der Waals surface area contributed by atoms with E-state index in [-0.39, 0.29) is 0 Å². The summed E-state index contributed by atoms with van der Waals surface area (Å²) in [6, 6.07) is 12.3. The first-order valence-electron chi connectivity index (χ1n) is 5.78. The molecule has 0 atom stereocenters. The van der Waals surface area contributed by atoms with Crippen LogP contribution in [0.4, 0.5) is 0 Å². The van der Waals surface area contributed by atoms with Gasteiger partial charge in [0.25, 0.3) is 0 Å². The lowest BCUT2D eigenvalue weighted by atomic mass is 9.93. The molecule has 0 aromatic heterocycles. The third-order valence-corrected chi connectivity index (χ3v) is 3.79. The number of hydrogen-bond acceptors (Lipinski definition) is 0. The summed E-state index contributed by atoms with van der Waals surface area (Å²) in [5.74, 6) is 0. The average Bonchev–Trinajstić information content (AvgIpc) is 2.64. The highest BCUT2D eigenvalue weighted by Gasteiger charge is 2.21. The monoisotopic (exact) mass is 207 g/mol. The molecule has 2 aromatic rings. The van der Waals surface area contributed by atoms with E-state index in [1.54, 1.807) is 0 Å². The van der Waals surface area contributed by atoms with Gasteiger partial charge < -0.3 is 0 Å². The highest BCUT2D eigenvalue weighted by Crippen LogP contribution is 2.40. The quantitative estimate of drug-likeness (QED) is 0.523. The van der Waals surface area contributed by atoms with E-state index < -0.39 is 0 Å². The summed E-state index contributed by atoms with van der Waals surface area (Å²) >= 11 is 0. The molecule has 0 saturated heterocycles. The molecule has 0 unspecified atom stereocenters. The Kier molecular flexibility index (Phi) is 1.94. The van der Waals surface area contributed by atoms with Gasteiger partial charge in [-0.2, -0.15) is 0 Å². The van der Waals surface area contributed by atoms with E-state index in [0.717, 1.165) is 6.42 Å². The van der Waals surface area contributed by atoms with Gasteiger partial charge >= 0.3 is 0 Å². The van der Waals surface area contributed by atoms with Crippen LogP contribution >= 0.6 is 0 Å². The third-order valence-electron chi connectivity index (χ3n) is 3.79. The Morgan fingerprint density at radius 2 is 1.75 bits per heavy atom. The van der Waals surface area contributed by atoms with Crippen LogP contribution in [0.1, 0.15) is 27.8 Å². The van der Waals surface area contributed by atoms with Crippen molar-refractivity contribution in [2.24, 2.45) is 0 Å². The van der Waals surface area contributed by atoms with Crippen molar-refractivity contribution in [3.8, 4) is 11.1 Å². The van der Waals surface area contributed by atoms with Crippen LogP contribution in [-0.4, -0.2) is 0 Å². The Balaban J connectivity index is 2.36. The summed E-state index contributed by atoms with van der Waals surface area (Å²) in [7, 11) is 0. The smallest absolute Gasteiger partial charge is 0.000707 e. The fraction of sp³-hybridized carbons (Fsp3) is 0.250. The molecule has 0 amide bonds. The van der Waals surface area contributed by atoms with Crippen LogP contribution < -0.4 is 0 Å². The number of aryl methyl sites for hydroxylation is 1. The Bertz CT molecular complexity index is 577. The van der Waals surface area contributed by atoms with Gasteiger partial charge in [0, 0.05) is 0 Å². The van der Waals surface area contributed by atoms with E-state index in [4.69, 9.17) is 0 Å². The Hall–Kier alpha value is -1.56. The zero-order valence-electron chi connectivity index (χ0n) is 10.0.